The van der Waals surface area contributed by atoms with Crippen LogP contribution in [0, 0.1) is 5.92 Å². The first-order valence-electron chi connectivity index (χ1n) is 7.84. The molecule has 0 aromatic carbocycles. The Bertz CT molecular complexity index is 324. The van der Waals surface area contributed by atoms with Gasteiger partial charge < -0.3 is 10.4 Å². The number of nitrogens with one attached hydrogen (secondary N) is 1. The molecule has 2 N–H and O–H groups in total. The first-order chi connectivity index (χ1) is 9.51. The minimum atomic E-state index is -1.12. The van der Waals surface area contributed by atoms with Crippen molar-refractivity contribution < 1.29 is 9.90 Å². The van der Waals surface area contributed by atoms with E-state index in [1.165, 1.54) is 12.8 Å². The SMILES string of the molecule is CC1CCN(C(C)CNC(=O)C2(O)CCSCC2)CC1. The molecule has 20 heavy (non-hydrogen) atoms. The van der Waals surface area contributed by atoms with Crippen molar-refractivity contribution in [3.63, 3.8) is 0 Å². The molecule has 2 aliphatic heterocycles. The highest BCUT2D eigenvalue weighted by Crippen LogP contribution is 2.27. The van der Waals surface area contributed by atoms with Crippen molar-refractivity contribution in [2.45, 2.75) is 51.2 Å². The van der Waals surface area contributed by atoms with Crippen LogP contribution in [0.3, 0.4) is 0 Å². The number of rotatable bonds is 4. The van der Waals surface area contributed by atoms with Crippen LogP contribution in [-0.2, 0) is 4.79 Å². The molecular formula is C15H28N2O2S. The molecule has 0 aliphatic carbocycles. The number of aliphatic hydroxyl groups is 1. The summed E-state index contributed by atoms with van der Waals surface area (Å²) in [7, 11) is 0. The minimum absolute atomic E-state index is 0.171. The van der Waals surface area contributed by atoms with Gasteiger partial charge in [0, 0.05) is 12.6 Å². The Kier molecular flexibility index (Phi) is 5.75. The second-order valence-corrected chi connectivity index (χ2v) is 7.65. The fourth-order valence-corrected chi connectivity index (χ4v) is 4.11. The Balaban J connectivity index is 1.75. The molecule has 1 amide bonds. The molecule has 2 rings (SSSR count). The van der Waals surface area contributed by atoms with Crippen molar-refractivity contribution in [3.05, 3.63) is 0 Å². The molecule has 0 aromatic rings. The molecule has 5 heteroatoms. The van der Waals surface area contributed by atoms with Gasteiger partial charge in [0.1, 0.15) is 5.60 Å². The molecule has 116 valence electrons. The molecule has 2 aliphatic rings. The zero-order chi connectivity index (χ0) is 14.6. The van der Waals surface area contributed by atoms with E-state index in [0.29, 0.717) is 25.4 Å². The third-order valence-electron chi connectivity index (χ3n) is 4.74. The van der Waals surface area contributed by atoms with Gasteiger partial charge in [0.2, 0.25) is 0 Å². The van der Waals surface area contributed by atoms with Crippen molar-refractivity contribution in [1.82, 2.24) is 10.2 Å². The lowest BCUT2D eigenvalue weighted by Crippen LogP contribution is -2.52. The van der Waals surface area contributed by atoms with Gasteiger partial charge in [-0.1, -0.05) is 6.92 Å². The highest BCUT2D eigenvalue weighted by atomic mass is 32.2. The second-order valence-electron chi connectivity index (χ2n) is 6.42. The van der Waals surface area contributed by atoms with Gasteiger partial charge in [-0.15, -0.1) is 0 Å². The summed E-state index contributed by atoms with van der Waals surface area (Å²) < 4.78 is 0. The first-order valence-corrected chi connectivity index (χ1v) is 8.99. The van der Waals surface area contributed by atoms with Crippen molar-refractivity contribution >= 4 is 17.7 Å². The van der Waals surface area contributed by atoms with E-state index in [0.717, 1.165) is 30.5 Å². The van der Waals surface area contributed by atoms with E-state index < -0.39 is 5.60 Å². The van der Waals surface area contributed by atoms with E-state index in [4.69, 9.17) is 0 Å². The summed E-state index contributed by atoms with van der Waals surface area (Å²) in [6, 6.07) is 0.355. The Labute approximate surface area is 126 Å². The average Bonchev–Trinajstić information content (AvgIpc) is 2.46. The second kappa shape index (κ2) is 7.14. The number of piperidine rings is 1. The lowest BCUT2D eigenvalue weighted by atomic mass is 9.95. The van der Waals surface area contributed by atoms with Crippen LogP contribution in [0.4, 0.5) is 0 Å². The number of carbonyl (C=O) groups is 1. The monoisotopic (exact) mass is 300 g/mol. The van der Waals surface area contributed by atoms with Crippen LogP contribution in [0.25, 0.3) is 0 Å². The van der Waals surface area contributed by atoms with Gasteiger partial charge in [0.15, 0.2) is 0 Å². The molecule has 4 nitrogen and oxygen atoms in total. The molecular weight excluding hydrogens is 272 g/mol. The predicted octanol–water partition coefficient (Wildman–Crippen LogP) is 1.48. The summed E-state index contributed by atoms with van der Waals surface area (Å²) in [6.45, 7) is 7.36. The first kappa shape index (κ1) is 16.1. The normalized spacial score (nSPS) is 26.1. The van der Waals surface area contributed by atoms with E-state index in [1.807, 2.05) is 11.8 Å². The Morgan fingerprint density at radius 2 is 2.00 bits per heavy atom. The van der Waals surface area contributed by atoms with Gasteiger partial charge in [0.25, 0.3) is 5.91 Å². The van der Waals surface area contributed by atoms with Gasteiger partial charge in [-0.05, 0) is 63.1 Å². The lowest BCUT2D eigenvalue weighted by Gasteiger charge is -2.36. The van der Waals surface area contributed by atoms with Gasteiger partial charge in [-0.3, -0.25) is 9.69 Å². The Morgan fingerprint density at radius 1 is 1.40 bits per heavy atom. The molecule has 2 heterocycles. The van der Waals surface area contributed by atoms with E-state index in [2.05, 4.69) is 24.1 Å². The van der Waals surface area contributed by atoms with Gasteiger partial charge >= 0.3 is 0 Å². The van der Waals surface area contributed by atoms with E-state index in [-0.39, 0.29) is 5.91 Å². The summed E-state index contributed by atoms with van der Waals surface area (Å²) in [4.78, 5) is 14.6. The molecule has 0 bridgehead atoms. The molecule has 1 atom stereocenters. The number of hydrogen-bond acceptors (Lipinski definition) is 4. The number of carbonyl (C=O) groups excluding carboxylic acids is 1. The molecule has 0 spiro atoms. The van der Waals surface area contributed by atoms with Crippen LogP contribution >= 0.6 is 11.8 Å². The van der Waals surface area contributed by atoms with Crippen molar-refractivity contribution in [2.75, 3.05) is 31.1 Å². The fourth-order valence-electron chi connectivity index (χ4n) is 2.94. The minimum Gasteiger partial charge on any atom is -0.380 e. The summed E-state index contributed by atoms with van der Waals surface area (Å²) in [5.41, 5.74) is -1.12. The Hall–Kier alpha value is -0.260. The van der Waals surface area contributed by atoms with E-state index >= 15 is 0 Å². The number of thioether (sulfide) groups is 1. The highest BCUT2D eigenvalue weighted by molar-refractivity contribution is 7.99. The molecule has 2 saturated heterocycles. The summed E-state index contributed by atoms with van der Waals surface area (Å²) in [6.07, 6.45) is 3.66. The molecule has 0 saturated carbocycles. The third kappa shape index (κ3) is 4.12. The highest BCUT2D eigenvalue weighted by Gasteiger charge is 2.37. The summed E-state index contributed by atoms with van der Waals surface area (Å²) >= 11 is 1.81. The van der Waals surface area contributed by atoms with Crippen LogP contribution in [0.2, 0.25) is 0 Å². The zero-order valence-corrected chi connectivity index (χ0v) is 13.5. The number of likely N-dealkylation sites (tertiary alicyclic amines) is 1. The van der Waals surface area contributed by atoms with Gasteiger partial charge in [-0.25, -0.2) is 0 Å². The smallest absolute Gasteiger partial charge is 0.252 e. The predicted molar refractivity (Wildman–Crippen MR) is 84.0 cm³/mol. The topological polar surface area (TPSA) is 52.6 Å². The van der Waals surface area contributed by atoms with Crippen LogP contribution in [0.15, 0.2) is 0 Å². The van der Waals surface area contributed by atoms with Crippen molar-refractivity contribution in [2.24, 2.45) is 5.92 Å². The average molecular weight is 300 g/mol. The molecule has 0 aromatic heterocycles. The van der Waals surface area contributed by atoms with Crippen molar-refractivity contribution in [3.8, 4) is 0 Å². The standard InChI is InChI=1S/C15H28N2O2S/c1-12-3-7-17(8-4-12)13(2)11-16-14(18)15(19)5-9-20-10-6-15/h12-13,19H,3-11H2,1-2H3,(H,16,18). The van der Waals surface area contributed by atoms with Crippen LogP contribution < -0.4 is 5.32 Å². The lowest BCUT2D eigenvalue weighted by molar-refractivity contribution is -0.140. The Morgan fingerprint density at radius 3 is 2.60 bits per heavy atom. The van der Waals surface area contributed by atoms with E-state index in [1.54, 1.807) is 0 Å². The molecule has 0 radical (unpaired) electrons. The van der Waals surface area contributed by atoms with E-state index in [9.17, 15) is 9.90 Å². The fraction of sp³-hybridized carbons (Fsp3) is 0.933. The largest absolute Gasteiger partial charge is 0.380 e. The summed E-state index contributed by atoms with van der Waals surface area (Å²) in [5.74, 6) is 2.41. The summed E-state index contributed by atoms with van der Waals surface area (Å²) in [5, 5.41) is 13.3. The number of amides is 1. The maximum absolute atomic E-state index is 12.2. The third-order valence-corrected chi connectivity index (χ3v) is 5.73. The number of nitrogens with zero attached hydrogens (tertiary/aromatic N) is 1. The van der Waals surface area contributed by atoms with Crippen LogP contribution in [0.1, 0.15) is 39.5 Å². The van der Waals surface area contributed by atoms with Crippen molar-refractivity contribution in [1.29, 1.82) is 0 Å². The van der Waals surface area contributed by atoms with Crippen LogP contribution in [-0.4, -0.2) is 58.7 Å². The van der Waals surface area contributed by atoms with Gasteiger partial charge in [0.05, 0.1) is 0 Å². The molecule has 1 unspecified atom stereocenters. The van der Waals surface area contributed by atoms with Crippen LogP contribution in [0.5, 0.6) is 0 Å². The quantitative estimate of drug-likeness (QED) is 0.826. The maximum atomic E-state index is 12.2. The number of hydrogen-bond donors (Lipinski definition) is 2. The van der Waals surface area contributed by atoms with Gasteiger partial charge in [-0.2, -0.15) is 11.8 Å². The molecule has 2 fully saturated rings. The zero-order valence-electron chi connectivity index (χ0n) is 12.7. The maximum Gasteiger partial charge on any atom is 0.252 e.